The number of furan rings is 1. The maximum absolute atomic E-state index is 5.54. The van der Waals surface area contributed by atoms with E-state index in [2.05, 4.69) is 43.4 Å². The third kappa shape index (κ3) is 3.02. The first kappa shape index (κ1) is 12.9. The molecule has 0 aliphatic heterocycles. The fourth-order valence-corrected chi connectivity index (χ4v) is 2.11. The second kappa shape index (κ2) is 6.41. The summed E-state index contributed by atoms with van der Waals surface area (Å²) >= 11 is 0. The van der Waals surface area contributed by atoms with Crippen molar-refractivity contribution in [3.8, 4) is 11.1 Å². The summed E-state index contributed by atoms with van der Waals surface area (Å²) in [7, 11) is 0. The van der Waals surface area contributed by atoms with Gasteiger partial charge in [-0.1, -0.05) is 44.5 Å². The highest BCUT2D eigenvalue weighted by Crippen LogP contribution is 2.25. The molecule has 1 aromatic carbocycles. The first-order valence-electron chi connectivity index (χ1n) is 6.71. The lowest BCUT2D eigenvalue weighted by atomic mass is 10.0. The van der Waals surface area contributed by atoms with Crippen LogP contribution in [0, 0.1) is 0 Å². The van der Waals surface area contributed by atoms with Gasteiger partial charge in [0, 0.05) is 5.56 Å². The highest BCUT2D eigenvalue weighted by atomic mass is 16.3. The van der Waals surface area contributed by atoms with Crippen LogP contribution in [0.15, 0.2) is 41.0 Å². The molecule has 1 aromatic heterocycles. The SMILES string of the molecule is CCCc1ccc(-c2ccoc2CNCC)cc1. The summed E-state index contributed by atoms with van der Waals surface area (Å²) in [6.07, 6.45) is 4.11. The van der Waals surface area contributed by atoms with Crippen molar-refractivity contribution in [2.45, 2.75) is 33.2 Å². The van der Waals surface area contributed by atoms with Crippen LogP contribution in [0.3, 0.4) is 0 Å². The zero-order valence-electron chi connectivity index (χ0n) is 11.2. The molecule has 1 heterocycles. The van der Waals surface area contributed by atoms with Crippen molar-refractivity contribution in [3.05, 3.63) is 47.9 Å². The van der Waals surface area contributed by atoms with Crippen molar-refractivity contribution < 1.29 is 4.42 Å². The monoisotopic (exact) mass is 243 g/mol. The summed E-state index contributed by atoms with van der Waals surface area (Å²) in [4.78, 5) is 0. The highest BCUT2D eigenvalue weighted by Gasteiger charge is 2.07. The molecule has 0 aliphatic carbocycles. The van der Waals surface area contributed by atoms with E-state index in [1.165, 1.54) is 23.1 Å². The van der Waals surface area contributed by atoms with Crippen molar-refractivity contribution >= 4 is 0 Å². The summed E-state index contributed by atoms with van der Waals surface area (Å²) in [5.41, 5.74) is 3.83. The second-order valence-electron chi connectivity index (χ2n) is 4.48. The third-order valence-electron chi connectivity index (χ3n) is 3.08. The van der Waals surface area contributed by atoms with Gasteiger partial charge in [-0.05, 0) is 30.2 Å². The van der Waals surface area contributed by atoms with Crippen LogP contribution in [-0.4, -0.2) is 6.54 Å². The van der Waals surface area contributed by atoms with Crippen LogP contribution in [0.4, 0.5) is 0 Å². The Morgan fingerprint density at radius 3 is 2.50 bits per heavy atom. The first-order chi connectivity index (χ1) is 8.85. The Labute approximate surface area is 109 Å². The average molecular weight is 243 g/mol. The molecule has 2 rings (SSSR count). The molecule has 1 N–H and O–H groups in total. The van der Waals surface area contributed by atoms with Crippen molar-refractivity contribution in [1.29, 1.82) is 0 Å². The topological polar surface area (TPSA) is 25.2 Å². The predicted molar refractivity (Wildman–Crippen MR) is 75.5 cm³/mol. The zero-order chi connectivity index (χ0) is 12.8. The van der Waals surface area contributed by atoms with E-state index in [0.717, 1.165) is 25.3 Å². The highest BCUT2D eigenvalue weighted by molar-refractivity contribution is 5.65. The molecular weight excluding hydrogens is 222 g/mol. The van der Waals surface area contributed by atoms with E-state index >= 15 is 0 Å². The molecule has 96 valence electrons. The number of nitrogens with one attached hydrogen (secondary N) is 1. The normalized spacial score (nSPS) is 10.8. The Balaban J connectivity index is 2.17. The fraction of sp³-hybridized carbons (Fsp3) is 0.375. The summed E-state index contributed by atoms with van der Waals surface area (Å²) in [6, 6.07) is 10.8. The van der Waals surface area contributed by atoms with Crippen LogP contribution < -0.4 is 5.32 Å². The van der Waals surface area contributed by atoms with Gasteiger partial charge in [0.25, 0.3) is 0 Å². The number of aryl methyl sites for hydroxylation is 1. The van der Waals surface area contributed by atoms with Crippen LogP contribution >= 0.6 is 0 Å². The second-order valence-corrected chi connectivity index (χ2v) is 4.48. The molecule has 0 radical (unpaired) electrons. The van der Waals surface area contributed by atoms with Gasteiger partial charge in [0.2, 0.25) is 0 Å². The van der Waals surface area contributed by atoms with Crippen molar-refractivity contribution in [2.75, 3.05) is 6.54 Å². The number of rotatable bonds is 6. The molecule has 0 bridgehead atoms. The van der Waals surface area contributed by atoms with E-state index in [-0.39, 0.29) is 0 Å². The van der Waals surface area contributed by atoms with E-state index < -0.39 is 0 Å². The molecule has 18 heavy (non-hydrogen) atoms. The van der Waals surface area contributed by atoms with Gasteiger partial charge in [-0.2, -0.15) is 0 Å². The van der Waals surface area contributed by atoms with Gasteiger partial charge in [0.1, 0.15) is 5.76 Å². The Morgan fingerprint density at radius 1 is 1.06 bits per heavy atom. The van der Waals surface area contributed by atoms with E-state index in [1.807, 2.05) is 6.07 Å². The fourth-order valence-electron chi connectivity index (χ4n) is 2.11. The molecule has 0 saturated heterocycles. The lowest BCUT2D eigenvalue weighted by molar-refractivity contribution is 0.489. The molecule has 0 spiro atoms. The summed E-state index contributed by atoms with van der Waals surface area (Å²) < 4.78 is 5.54. The van der Waals surface area contributed by atoms with Crippen molar-refractivity contribution in [2.24, 2.45) is 0 Å². The predicted octanol–water partition coefficient (Wildman–Crippen LogP) is 4.01. The van der Waals surface area contributed by atoms with E-state index in [4.69, 9.17) is 4.42 Å². The Morgan fingerprint density at radius 2 is 1.83 bits per heavy atom. The maximum atomic E-state index is 5.54. The van der Waals surface area contributed by atoms with Gasteiger partial charge in [0.05, 0.1) is 12.8 Å². The third-order valence-corrected chi connectivity index (χ3v) is 3.08. The molecule has 0 fully saturated rings. The molecular formula is C16H21NO. The molecule has 0 unspecified atom stereocenters. The lowest BCUT2D eigenvalue weighted by Gasteiger charge is -2.05. The van der Waals surface area contributed by atoms with Gasteiger partial charge in [0.15, 0.2) is 0 Å². The quantitative estimate of drug-likeness (QED) is 0.829. The smallest absolute Gasteiger partial charge is 0.125 e. The molecule has 2 nitrogen and oxygen atoms in total. The van der Waals surface area contributed by atoms with Crippen molar-refractivity contribution in [1.82, 2.24) is 5.32 Å². The molecule has 0 aliphatic rings. The van der Waals surface area contributed by atoms with Gasteiger partial charge in [-0.15, -0.1) is 0 Å². The van der Waals surface area contributed by atoms with E-state index in [9.17, 15) is 0 Å². The van der Waals surface area contributed by atoms with E-state index in [1.54, 1.807) is 6.26 Å². The molecule has 0 amide bonds. The zero-order valence-corrected chi connectivity index (χ0v) is 11.2. The van der Waals surface area contributed by atoms with Gasteiger partial charge in [-0.25, -0.2) is 0 Å². The standard InChI is InChI=1S/C16H21NO/c1-3-5-13-6-8-14(9-7-13)15-10-11-18-16(15)12-17-4-2/h6-11,17H,3-5,12H2,1-2H3. The Kier molecular flexibility index (Phi) is 4.59. The summed E-state index contributed by atoms with van der Waals surface area (Å²) in [6.45, 7) is 6.05. The van der Waals surface area contributed by atoms with Crippen LogP contribution in [0.2, 0.25) is 0 Å². The largest absolute Gasteiger partial charge is 0.467 e. The van der Waals surface area contributed by atoms with Crippen LogP contribution in [0.5, 0.6) is 0 Å². The van der Waals surface area contributed by atoms with Gasteiger partial charge >= 0.3 is 0 Å². The number of hydrogen-bond acceptors (Lipinski definition) is 2. The molecule has 2 aromatic rings. The van der Waals surface area contributed by atoms with Crippen LogP contribution in [0.25, 0.3) is 11.1 Å². The van der Waals surface area contributed by atoms with Crippen molar-refractivity contribution in [3.63, 3.8) is 0 Å². The first-order valence-corrected chi connectivity index (χ1v) is 6.71. The minimum absolute atomic E-state index is 0.787. The molecule has 0 atom stereocenters. The number of hydrogen-bond donors (Lipinski definition) is 1. The Hall–Kier alpha value is -1.54. The summed E-state index contributed by atoms with van der Waals surface area (Å²) in [5, 5.41) is 3.30. The lowest BCUT2D eigenvalue weighted by Crippen LogP contribution is -2.11. The average Bonchev–Trinajstić information content (AvgIpc) is 2.86. The minimum Gasteiger partial charge on any atom is -0.467 e. The summed E-state index contributed by atoms with van der Waals surface area (Å²) in [5.74, 6) is 1.01. The Bertz CT molecular complexity index is 470. The maximum Gasteiger partial charge on any atom is 0.125 e. The number of benzene rings is 1. The van der Waals surface area contributed by atoms with Crippen LogP contribution in [-0.2, 0) is 13.0 Å². The molecule has 2 heteroatoms. The van der Waals surface area contributed by atoms with Gasteiger partial charge < -0.3 is 9.73 Å². The van der Waals surface area contributed by atoms with Gasteiger partial charge in [-0.3, -0.25) is 0 Å². The van der Waals surface area contributed by atoms with Crippen LogP contribution in [0.1, 0.15) is 31.6 Å². The van der Waals surface area contributed by atoms with E-state index in [0.29, 0.717) is 0 Å². The molecule has 0 saturated carbocycles. The minimum atomic E-state index is 0.787.